The third-order valence-electron chi connectivity index (χ3n) is 5.30. The number of fused-ring (bicyclic) bond motifs is 1. The molecule has 0 aliphatic carbocycles. The van der Waals surface area contributed by atoms with Crippen molar-refractivity contribution in [3.8, 4) is 0 Å². The molecule has 2 amide bonds. The second kappa shape index (κ2) is 7.34. The van der Waals surface area contributed by atoms with Gasteiger partial charge in [0.05, 0.1) is 18.6 Å². The number of carbonyl (C=O) groups is 2. The third kappa shape index (κ3) is 3.46. The molecule has 2 atom stereocenters. The number of carbonyl (C=O) groups excluding carboxylic acids is 2. The van der Waals surface area contributed by atoms with Crippen LogP contribution in [0.2, 0.25) is 0 Å². The van der Waals surface area contributed by atoms with Gasteiger partial charge in [0.1, 0.15) is 0 Å². The zero-order chi connectivity index (χ0) is 17.1. The van der Waals surface area contributed by atoms with E-state index in [4.69, 9.17) is 5.73 Å². The van der Waals surface area contributed by atoms with Gasteiger partial charge < -0.3 is 15.5 Å². The molecule has 0 bridgehead atoms. The molecule has 0 unspecified atom stereocenters. The summed E-state index contributed by atoms with van der Waals surface area (Å²) in [4.78, 5) is 28.8. The van der Waals surface area contributed by atoms with Crippen molar-refractivity contribution in [3.63, 3.8) is 0 Å². The van der Waals surface area contributed by atoms with Crippen LogP contribution in [0.3, 0.4) is 0 Å². The summed E-state index contributed by atoms with van der Waals surface area (Å²) in [5, 5.41) is 0. The normalized spacial score (nSPS) is 24.5. The molecule has 2 aliphatic rings. The van der Waals surface area contributed by atoms with Gasteiger partial charge in [0.15, 0.2) is 0 Å². The summed E-state index contributed by atoms with van der Waals surface area (Å²) in [5.74, 6) is 0.222. The van der Waals surface area contributed by atoms with Gasteiger partial charge in [-0.05, 0) is 31.7 Å². The lowest BCUT2D eigenvalue weighted by Crippen LogP contribution is -2.50. The number of amides is 2. The van der Waals surface area contributed by atoms with E-state index in [0.29, 0.717) is 19.5 Å². The highest BCUT2D eigenvalue weighted by Gasteiger charge is 2.41. The van der Waals surface area contributed by atoms with E-state index in [2.05, 4.69) is 25.1 Å². The molecule has 5 nitrogen and oxygen atoms in total. The summed E-state index contributed by atoms with van der Waals surface area (Å²) in [6, 6.07) is 8.56. The van der Waals surface area contributed by atoms with E-state index in [0.717, 1.165) is 31.2 Å². The van der Waals surface area contributed by atoms with Crippen LogP contribution in [0.1, 0.15) is 43.2 Å². The van der Waals surface area contributed by atoms with E-state index in [1.54, 1.807) is 0 Å². The van der Waals surface area contributed by atoms with Crippen molar-refractivity contribution in [2.24, 2.45) is 5.73 Å². The van der Waals surface area contributed by atoms with Gasteiger partial charge in [-0.15, -0.1) is 0 Å². The van der Waals surface area contributed by atoms with Crippen molar-refractivity contribution in [2.75, 3.05) is 13.1 Å². The molecule has 2 saturated heterocycles. The van der Waals surface area contributed by atoms with Crippen LogP contribution in [0, 0.1) is 6.92 Å². The van der Waals surface area contributed by atoms with E-state index in [-0.39, 0.29) is 30.4 Å². The highest BCUT2D eigenvalue weighted by molar-refractivity contribution is 5.80. The largest absolute Gasteiger partial charge is 0.336 e. The number of nitrogens with two attached hydrogens (primary N) is 1. The summed E-state index contributed by atoms with van der Waals surface area (Å²) in [6.45, 7) is 3.46. The Labute approximate surface area is 143 Å². The third-order valence-corrected chi connectivity index (χ3v) is 5.30. The Morgan fingerprint density at radius 1 is 1.25 bits per heavy atom. The van der Waals surface area contributed by atoms with Crippen molar-refractivity contribution in [3.05, 3.63) is 35.4 Å². The van der Waals surface area contributed by atoms with E-state index >= 15 is 0 Å². The molecule has 2 N–H and O–H groups in total. The minimum absolute atomic E-state index is 0.00558. The molecule has 1 aromatic carbocycles. The van der Waals surface area contributed by atoms with Crippen LogP contribution < -0.4 is 5.73 Å². The molecule has 1 aromatic rings. The van der Waals surface area contributed by atoms with Crippen molar-refractivity contribution in [1.82, 2.24) is 9.80 Å². The van der Waals surface area contributed by atoms with Crippen LogP contribution in [0.5, 0.6) is 0 Å². The lowest BCUT2D eigenvalue weighted by Gasteiger charge is -2.37. The maximum atomic E-state index is 12.7. The van der Waals surface area contributed by atoms with Crippen molar-refractivity contribution in [1.29, 1.82) is 0 Å². The number of nitrogens with zero attached hydrogens (tertiary/aromatic N) is 2. The molecule has 0 spiro atoms. The topological polar surface area (TPSA) is 66.6 Å². The van der Waals surface area contributed by atoms with Crippen LogP contribution in [0.4, 0.5) is 0 Å². The fourth-order valence-electron chi connectivity index (χ4n) is 4.15. The Morgan fingerprint density at radius 3 is 2.83 bits per heavy atom. The number of rotatable bonds is 3. The predicted molar refractivity (Wildman–Crippen MR) is 93.2 cm³/mol. The van der Waals surface area contributed by atoms with Gasteiger partial charge in [0, 0.05) is 19.5 Å². The number of likely N-dealkylation sites (tertiary alicyclic amines) is 2. The Hall–Kier alpha value is -1.88. The molecule has 24 heavy (non-hydrogen) atoms. The van der Waals surface area contributed by atoms with Crippen LogP contribution >= 0.6 is 0 Å². The Kier molecular flexibility index (Phi) is 5.19. The van der Waals surface area contributed by atoms with Crippen molar-refractivity contribution in [2.45, 2.75) is 57.7 Å². The Balaban J connectivity index is 1.84. The van der Waals surface area contributed by atoms with Gasteiger partial charge >= 0.3 is 0 Å². The second-order valence-electron chi connectivity index (χ2n) is 6.97. The lowest BCUT2D eigenvalue weighted by atomic mass is 9.96. The fraction of sp³-hybridized carbons (Fsp3) is 0.579. The first-order chi connectivity index (χ1) is 11.6. The van der Waals surface area contributed by atoms with E-state index in [1.807, 2.05) is 15.9 Å². The molecule has 0 saturated carbocycles. The first-order valence-corrected chi connectivity index (χ1v) is 8.94. The molecule has 0 radical (unpaired) electrons. The molecule has 5 heteroatoms. The van der Waals surface area contributed by atoms with Crippen molar-refractivity contribution >= 4 is 11.8 Å². The van der Waals surface area contributed by atoms with E-state index in [9.17, 15) is 9.59 Å². The average molecular weight is 329 g/mol. The smallest absolute Gasteiger partial charge is 0.236 e. The minimum atomic E-state index is 0.00558. The summed E-state index contributed by atoms with van der Waals surface area (Å²) < 4.78 is 0. The van der Waals surface area contributed by atoms with E-state index < -0.39 is 0 Å². The molecule has 2 fully saturated rings. The maximum Gasteiger partial charge on any atom is 0.236 e. The summed E-state index contributed by atoms with van der Waals surface area (Å²) in [6.07, 6.45) is 4.33. The minimum Gasteiger partial charge on any atom is -0.336 e. The predicted octanol–water partition coefficient (Wildman–Crippen LogP) is 1.83. The molecular formula is C19H27N3O2. The Morgan fingerprint density at radius 2 is 2.08 bits per heavy atom. The van der Waals surface area contributed by atoms with Crippen LogP contribution in [-0.2, 0) is 16.1 Å². The first-order valence-electron chi connectivity index (χ1n) is 8.94. The molecule has 3 rings (SSSR count). The fourth-order valence-corrected chi connectivity index (χ4v) is 4.15. The molecule has 2 aliphatic heterocycles. The zero-order valence-corrected chi connectivity index (χ0v) is 14.4. The molecule has 130 valence electrons. The monoisotopic (exact) mass is 329 g/mol. The van der Waals surface area contributed by atoms with Gasteiger partial charge in [-0.2, -0.15) is 0 Å². The van der Waals surface area contributed by atoms with Crippen LogP contribution in [-0.4, -0.2) is 46.8 Å². The lowest BCUT2D eigenvalue weighted by molar-refractivity contribution is -0.138. The SMILES string of the molecule is Cc1cccc(CN2C(=O)CCCC[C@H]3[C@H]2CCN3C(=O)CN)c1. The highest BCUT2D eigenvalue weighted by atomic mass is 16.2. The molecule has 0 aromatic heterocycles. The standard InChI is InChI=1S/C19H27N3O2/c1-14-5-4-6-15(11-14)13-22-17-9-10-21(19(24)12-20)16(17)7-2-3-8-18(22)23/h4-6,11,16-17H,2-3,7-10,12-13,20H2,1H3/t16-,17+/m0/s1. The number of hydrogen-bond acceptors (Lipinski definition) is 3. The summed E-state index contributed by atoms with van der Waals surface area (Å²) in [5.41, 5.74) is 7.94. The average Bonchev–Trinajstić information content (AvgIpc) is 2.97. The van der Waals surface area contributed by atoms with Crippen LogP contribution in [0.15, 0.2) is 24.3 Å². The second-order valence-corrected chi connectivity index (χ2v) is 6.97. The maximum absolute atomic E-state index is 12.7. The number of hydrogen-bond donors (Lipinski definition) is 1. The summed E-state index contributed by atoms with van der Waals surface area (Å²) >= 11 is 0. The van der Waals surface area contributed by atoms with Crippen LogP contribution in [0.25, 0.3) is 0 Å². The van der Waals surface area contributed by atoms with Crippen molar-refractivity contribution < 1.29 is 9.59 Å². The molecule has 2 heterocycles. The van der Waals surface area contributed by atoms with Gasteiger partial charge in [0.25, 0.3) is 0 Å². The first kappa shape index (κ1) is 17.0. The molecular weight excluding hydrogens is 302 g/mol. The number of benzene rings is 1. The summed E-state index contributed by atoms with van der Waals surface area (Å²) in [7, 11) is 0. The van der Waals surface area contributed by atoms with Gasteiger partial charge in [-0.25, -0.2) is 0 Å². The van der Waals surface area contributed by atoms with Gasteiger partial charge in [0.2, 0.25) is 11.8 Å². The Bertz CT molecular complexity index is 616. The highest BCUT2D eigenvalue weighted by Crippen LogP contribution is 2.31. The van der Waals surface area contributed by atoms with Gasteiger partial charge in [-0.1, -0.05) is 36.2 Å². The number of aryl methyl sites for hydroxylation is 1. The van der Waals surface area contributed by atoms with Gasteiger partial charge in [-0.3, -0.25) is 9.59 Å². The van der Waals surface area contributed by atoms with E-state index in [1.165, 1.54) is 5.56 Å². The zero-order valence-electron chi connectivity index (χ0n) is 14.4. The quantitative estimate of drug-likeness (QED) is 0.920.